The lowest BCUT2D eigenvalue weighted by Crippen LogP contribution is -2.10. The minimum atomic E-state index is 0.959. The number of thiazole rings is 1. The van der Waals surface area contributed by atoms with Crippen LogP contribution in [0.2, 0.25) is 0 Å². The standard InChI is InChI=1S/C11H14N2S.C2H6/c1-8-12-11-9(7-13(2)3)5-4-6-10(11)14-8;1-2/h4-6H,7H2,1-3H3;1-2H3. The molecule has 1 aromatic heterocycles. The van der Waals surface area contributed by atoms with Crippen LogP contribution in [0.25, 0.3) is 10.2 Å². The van der Waals surface area contributed by atoms with Gasteiger partial charge in [-0.05, 0) is 32.6 Å². The van der Waals surface area contributed by atoms with Gasteiger partial charge in [0.25, 0.3) is 0 Å². The van der Waals surface area contributed by atoms with E-state index in [4.69, 9.17) is 0 Å². The number of nitrogens with zero attached hydrogens (tertiary/aromatic N) is 2. The van der Waals surface area contributed by atoms with Crippen LogP contribution in [-0.2, 0) is 6.54 Å². The Labute approximate surface area is 102 Å². The molecule has 3 heteroatoms. The Bertz CT molecular complexity index is 446. The molecule has 0 N–H and O–H groups in total. The van der Waals surface area contributed by atoms with E-state index < -0.39 is 0 Å². The molecule has 2 rings (SSSR count). The van der Waals surface area contributed by atoms with Crippen LogP contribution in [0.5, 0.6) is 0 Å². The quantitative estimate of drug-likeness (QED) is 0.790. The van der Waals surface area contributed by atoms with Crippen molar-refractivity contribution in [2.75, 3.05) is 14.1 Å². The van der Waals surface area contributed by atoms with Gasteiger partial charge >= 0.3 is 0 Å². The zero-order valence-electron chi connectivity index (χ0n) is 10.7. The second-order valence-corrected chi connectivity index (χ2v) is 4.97. The molecule has 2 aromatic rings. The Kier molecular flexibility index (Phi) is 4.90. The predicted octanol–water partition coefficient (Wildman–Crippen LogP) is 3.69. The summed E-state index contributed by atoms with van der Waals surface area (Å²) >= 11 is 1.76. The van der Waals surface area contributed by atoms with Crippen molar-refractivity contribution in [3.63, 3.8) is 0 Å². The molecule has 0 atom stereocenters. The number of hydrogen-bond donors (Lipinski definition) is 0. The molecular weight excluding hydrogens is 216 g/mol. The van der Waals surface area contributed by atoms with Crippen molar-refractivity contribution in [1.82, 2.24) is 9.88 Å². The summed E-state index contributed by atoms with van der Waals surface area (Å²) in [5.74, 6) is 0. The van der Waals surface area contributed by atoms with Gasteiger partial charge in [0, 0.05) is 6.54 Å². The van der Waals surface area contributed by atoms with Crippen LogP contribution in [0, 0.1) is 6.92 Å². The first kappa shape index (κ1) is 13.1. The van der Waals surface area contributed by atoms with Crippen molar-refractivity contribution in [2.24, 2.45) is 0 Å². The van der Waals surface area contributed by atoms with Gasteiger partial charge in [0.05, 0.1) is 15.2 Å². The summed E-state index contributed by atoms with van der Waals surface area (Å²) in [6.07, 6.45) is 0. The van der Waals surface area contributed by atoms with Crippen LogP contribution in [-0.4, -0.2) is 24.0 Å². The molecule has 0 amide bonds. The average Bonchev–Trinajstić information content (AvgIpc) is 2.62. The fraction of sp³-hybridized carbons (Fsp3) is 0.462. The summed E-state index contributed by atoms with van der Waals surface area (Å²) in [5, 5.41) is 1.14. The molecule has 88 valence electrons. The van der Waals surface area contributed by atoms with Crippen molar-refractivity contribution in [2.45, 2.75) is 27.3 Å². The smallest absolute Gasteiger partial charge is 0.0907 e. The minimum absolute atomic E-state index is 0.959. The van der Waals surface area contributed by atoms with Gasteiger partial charge < -0.3 is 4.90 Å². The Balaban J connectivity index is 0.000000606. The summed E-state index contributed by atoms with van der Waals surface area (Å²) in [7, 11) is 4.16. The molecule has 1 aromatic carbocycles. The van der Waals surface area contributed by atoms with Gasteiger partial charge in [0.15, 0.2) is 0 Å². The molecule has 0 saturated carbocycles. The average molecular weight is 236 g/mol. The first-order valence-corrected chi connectivity index (χ1v) is 6.48. The van der Waals surface area contributed by atoms with Gasteiger partial charge in [-0.1, -0.05) is 26.0 Å². The molecule has 1 heterocycles. The maximum absolute atomic E-state index is 4.56. The zero-order chi connectivity index (χ0) is 12.1. The lowest BCUT2D eigenvalue weighted by Gasteiger charge is -2.09. The highest BCUT2D eigenvalue weighted by molar-refractivity contribution is 7.18. The lowest BCUT2D eigenvalue weighted by molar-refractivity contribution is 0.404. The van der Waals surface area contributed by atoms with Crippen LogP contribution in [0.4, 0.5) is 0 Å². The molecule has 0 radical (unpaired) electrons. The summed E-state index contributed by atoms with van der Waals surface area (Å²) in [5.41, 5.74) is 2.49. The second kappa shape index (κ2) is 5.97. The van der Waals surface area contributed by atoms with Crippen molar-refractivity contribution in [1.29, 1.82) is 0 Å². The largest absolute Gasteiger partial charge is 0.305 e. The van der Waals surface area contributed by atoms with Gasteiger partial charge in [0.1, 0.15) is 0 Å². The summed E-state index contributed by atoms with van der Waals surface area (Å²) in [6, 6.07) is 6.40. The Morgan fingerprint density at radius 2 is 1.94 bits per heavy atom. The monoisotopic (exact) mass is 236 g/mol. The maximum atomic E-state index is 4.56. The van der Waals surface area contributed by atoms with E-state index >= 15 is 0 Å². The fourth-order valence-electron chi connectivity index (χ4n) is 1.58. The van der Waals surface area contributed by atoms with E-state index in [-0.39, 0.29) is 0 Å². The van der Waals surface area contributed by atoms with E-state index in [0.29, 0.717) is 0 Å². The molecule has 0 bridgehead atoms. The first-order chi connectivity index (χ1) is 7.66. The number of para-hydroxylation sites is 1. The molecule has 0 fully saturated rings. The van der Waals surface area contributed by atoms with Crippen molar-refractivity contribution < 1.29 is 0 Å². The third kappa shape index (κ3) is 3.03. The number of aromatic nitrogens is 1. The highest BCUT2D eigenvalue weighted by atomic mass is 32.1. The first-order valence-electron chi connectivity index (χ1n) is 5.66. The molecule has 0 aliphatic rings. The Morgan fingerprint density at radius 1 is 1.25 bits per heavy atom. The highest BCUT2D eigenvalue weighted by Gasteiger charge is 2.05. The van der Waals surface area contributed by atoms with Gasteiger partial charge in [-0.25, -0.2) is 4.98 Å². The topological polar surface area (TPSA) is 16.1 Å². The number of fused-ring (bicyclic) bond motifs is 1. The SMILES string of the molecule is CC.Cc1nc2c(CN(C)C)cccc2s1. The Hall–Kier alpha value is -0.930. The summed E-state index contributed by atoms with van der Waals surface area (Å²) in [4.78, 5) is 6.73. The second-order valence-electron chi connectivity index (χ2n) is 3.73. The lowest BCUT2D eigenvalue weighted by atomic mass is 10.2. The number of hydrogen-bond acceptors (Lipinski definition) is 3. The fourth-order valence-corrected chi connectivity index (χ4v) is 2.46. The predicted molar refractivity (Wildman–Crippen MR) is 73.1 cm³/mol. The molecule has 0 aliphatic carbocycles. The number of rotatable bonds is 2. The van der Waals surface area contributed by atoms with Crippen LogP contribution in [0.3, 0.4) is 0 Å². The van der Waals surface area contributed by atoms with Crippen LogP contribution < -0.4 is 0 Å². The van der Waals surface area contributed by atoms with Crippen molar-refractivity contribution in [3.05, 3.63) is 28.8 Å². The van der Waals surface area contributed by atoms with Crippen molar-refractivity contribution in [3.8, 4) is 0 Å². The molecule has 2 nitrogen and oxygen atoms in total. The van der Waals surface area contributed by atoms with E-state index in [1.165, 1.54) is 15.8 Å². The van der Waals surface area contributed by atoms with E-state index in [0.717, 1.165) is 11.6 Å². The van der Waals surface area contributed by atoms with Crippen LogP contribution >= 0.6 is 11.3 Å². The van der Waals surface area contributed by atoms with Gasteiger partial charge in [0.2, 0.25) is 0 Å². The van der Waals surface area contributed by atoms with Crippen LogP contribution in [0.1, 0.15) is 24.4 Å². The summed E-state index contributed by atoms with van der Waals surface area (Å²) in [6.45, 7) is 7.02. The third-order valence-electron chi connectivity index (χ3n) is 2.10. The minimum Gasteiger partial charge on any atom is -0.305 e. The molecule has 0 spiro atoms. The number of aryl methyl sites for hydroxylation is 1. The van der Waals surface area contributed by atoms with E-state index in [2.05, 4.69) is 49.1 Å². The third-order valence-corrected chi connectivity index (χ3v) is 3.03. The Morgan fingerprint density at radius 3 is 2.56 bits per heavy atom. The van der Waals surface area contributed by atoms with Crippen molar-refractivity contribution >= 4 is 21.6 Å². The molecule has 0 unspecified atom stereocenters. The van der Waals surface area contributed by atoms with Crippen LogP contribution in [0.15, 0.2) is 18.2 Å². The van der Waals surface area contributed by atoms with E-state index in [9.17, 15) is 0 Å². The normalized spacial score (nSPS) is 10.4. The zero-order valence-corrected chi connectivity index (χ0v) is 11.6. The van der Waals surface area contributed by atoms with E-state index in [1.807, 2.05) is 13.8 Å². The summed E-state index contributed by atoms with van der Waals surface area (Å²) < 4.78 is 1.29. The number of benzene rings is 1. The van der Waals surface area contributed by atoms with Gasteiger partial charge in [-0.3, -0.25) is 0 Å². The van der Waals surface area contributed by atoms with Gasteiger partial charge in [-0.15, -0.1) is 11.3 Å². The molecule has 0 aliphatic heterocycles. The molecule has 0 saturated heterocycles. The van der Waals surface area contributed by atoms with E-state index in [1.54, 1.807) is 11.3 Å². The molecular formula is C13H20N2S. The highest BCUT2D eigenvalue weighted by Crippen LogP contribution is 2.24. The maximum Gasteiger partial charge on any atom is 0.0907 e. The molecule has 16 heavy (non-hydrogen) atoms. The van der Waals surface area contributed by atoms with Gasteiger partial charge in [-0.2, -0.15) is 0 Å².